The molecule has 0 aromatic carbocycles. The molecule has 0 amide bonds. The van der Waals surface area contributed by atoms with Crippen molar-refractivity contribution in [3.05, 3.63) is 38.5 Å². The summed E-state index contributed by atoms with van der Waals surface area (Å²) in [7, 11) is 0. The van der Waals surface area contributed by atoms with Crippen LogP contribution in [0.15, 0.2) is 22.2 Å². The summed E-state index contributed by atoms with van der Waals surface area (Å²) in [5.41, 5.74) is 2.09. The SMILES string of the molecule is Cc1ccnc(CCC(=O)c2nnc(Br)s2)c1. The Balaban J connectivity index is 1.97. The number of ketones is 1. The summed E-state index contributed by atoms with van der Waals surface area (Å²) in [6.45, 7) is 2.01. The van der Waals surface area contributed by atoms with Gasteiger partial charge in [0.1, 0.15) is 0 Å². The van der Waals surface area contributed by atoms with E-state index in [9.17, 15) is 4.79 Å². The molecule has 0 radical (unpaired) electrons. The zero-order chi connectivity index (χ0) is 12.3. The molecule has 88 valence electrons. The smallest absolute Gasteiger partial charge is 0.193 e. The summed E-state index contributed by atoms with van der Waals surface area (Å²) in [5.74, 6) is 0.0107. The summed E-state index contributed by atoms with van der Waals surface area (Å²) in [4.78, 5) is 16.0. The van der Waals surface area contributed by atoms with Crippen LogP contribution in [0.4, 0.5) is 0 Å². The first kappa shape index (κ1) is 12.3. The van der Waals surface area contributed by atoms with Crippen LogP contribution in [0.2, 0.25) is 0 Å². The third kappa shape index (κ3) is 3.41. The quantitative estimate of drug-likeness (QED) is 0.815. The lowest BCUT2D eigenvalue weighted by atomic mass is 10.1. The first-order valence-corrected chi connectivity index (χ1v) is 6.70. The Hall–Kier alpha value is -1.14. The molecule has 0 fully saturated rings. The fourth-order valence-corrected chi connectivity index (χ4v) is 2.48. The molecule has 2 heterocycles. The number of halogens is 1. The molecule has 0 saturated heterocycles. The van der Waals surface area contributed by atoms with E-state index >= 15 is 0 Å². The average molecular weight is 312 g/mol. The van der Waals surface area contributed by atoms with Gasteiger partial charge in [-0.1, -0.05) is 11.3 Å². The number of pyridine rings is 1. The molecule has 6 heteroatoms. The minimum Gasteiger partial charge on any atom is -0.291 e. The van der Waals surface area contributed by atoms with Crippen molar-refractivity contribution in [1.82, 2.24) is 15.2 Å². The molecule has 0 atom stereocenters. The molecule has 2 aromatic rings. The Morgan fingerprint density at radius 2 is 2.29 bits per heavy atom. The molecule has 2 aromatic heterocycles. The van der Waals surface area contributed by atoms with Crippen LogP contribution in [0.5, 0.6) is 0 Å². The van der Waals surface area contributed by atoms with Gasteiger partial charge >= 0.3 is 0 Å². The first-order valence-electron chi connectivity index (χ1n) is 5.09. The van der Waals surface area contributed by atoms with Gasteiger partial charge in [0.05, 0.1) is 0 Å². The number of nitrogens with zero attached hydrogens (tertiary/aromatic N) is 3. The lowest BCUT2D eigenvalue weighted by molar-refractivity contribution is 0.0981. The molecule has 0 bridgehead atoms. The van der Waals surface area contributed by atoms with E-state index < -0.39 is 0 Å². The number of hydrogen-bond acceptors (Lipinski definition) is 5. The average Bonchev–Trinajstić information content (AvgIpc) is 2.73. The van der Waals surface area contributed by atoms with Gasteiger partial charge in [-0.3, -0.25) is 9.78 Å². The van der Waals surface area contributed by atoms with Crippen LogP contribution < -0.4 is 0 Å². The van der Waals surface area contributed by atoms with Crippen LogP contribution >= 0.6 is 27.3 Å². The molecular weight excluding hydrogens is 302 g/mol. The number of aryl methyl sites for hydroxylation is 2. The standard InChI is InChI=1S/C11H10BrN3OS/c1-7-4-5-13-8(6-7)2-3-9(16)10-14-15-11(12)17-10/h4-6H,2-3H2,1H3. The van der Waals surface area contributed by atoms with Crippen LogP contribution in [0.25, 0.3) is 0 Å². The molecule has 0 aliphatic carbocycles. The monoisotopic (exact) mass is 311 g/mol. The van der Waals surface area contributed by atoms with Gasteiger partial charge < -0.3 is 0 Å². The lowest BCUT2D eigenvalue weighted by Gasteiger charge is -1.99. The van der Waals surface area contributed by atoms with E-state index in [1.54, 1.807) is 6.20 Å². The first-order chi connectivity index (χ1) is 8.15. The summed E-state index contributed by atoms with van der Waals surface area (Å²) in [6, 6.07) is 3.93. The largest absolute Gasteiger partial charge is 0.291 e. The Labute approximate surface area is 111 Å². The van der Waals surface area contributed by atoms with Gasteiger partial charge in [0.15, 0.2) is 14.7 Å². The van der Waals surface area contributed by atoms with Crippen molar-refractivity contribution in [2.24, 2.45) is 0 Å². The molecular formula is C11H10BrN3OS. The number of hydrogen-bond donors (Lipinski definition) is 0. The van der Waals surface area contributed by atoms with Gasteiger partial charge in [-0.15, -0.1) is 10.2 Å². The van der Waals surface area contributed by atoms with Gasteiger partial charge in [-0.2, -0.15) is 0 Å². The maximum atomic E-state index is 11.8. The Bertz CT molecular complexity index is 541. The van der Waals surface area contributed by atoms with Crippen LogP contribution in [0.1, 0.15) is 27.5 Å². The van der Waals surface area contributed by atoms with Crippen LogP contribution in [-0.2, 0) is 6.42 Å². The molecule has 0 spiro atoms. The van der Waals surface area contributed by atoms with E-state index in [0.717, 1.165) is 11.3 Å². The topological polar surface area (TPSA) is 55.7 Å². The Kier molecular flexibility index (Phi) is 3.96. The third-order valence-electron chi connectivity index (χ3n) is 2.22. The highest BCUT2D eigenvalue weighted by molar-refractivity contribution is 9.11. The van der Waals surface area contributed by atoms with Crippen molar-refractivity contribution >= 4 is 33.0 Å². The van der Waals surface area contributed by atoms with E-state index in [-0.39, 0.29) is 5.78 Å². The van der Waals surface area contributed by atoms with Crippen molar-refractivity contribution in [1.29, 1.82) is 0 Å². The van der Waals surface area contributed by atoms with Crippen molar-refractivity contribution < 1.29 is 4.79 Å². The van der Waals surface area contributed by atoms with Crippen LogP contribution in [-0.4, -0.2) is 21.0 Å². The lowest BCUT2D eigenvalue weighted by Crippen LogP contribution is -2.02. The number of Topliss-reactive ketones (excluding diaryl/α,β-unsaturated/α-hetero) is 1. The Morgan fingerprint density at radius 3 is 2.94 bits per heavy atom. The van der Waals surface area contributed by atoms with Gasteiger partial charge in [-0.05, 0) is 47.0 Å². The van der Waals surface area contributed by atoms with Gasteiger partial charge in [0.25, 0.3) is 0 Å². The molecule has 0 unspecified atom stereocenters. The highest BCUT2D eigenvalue weighted by Gasteiger charge is 2.12. The predicted octanol–water partition coefficient (Wildman–Crippen LogP) is 2.82. The molecule has 0 aliphatic rings. The van der Waals surface area contributed by atoms with E-state index in [4.69, 9.17) is 0 Å². The summed E-state index contributed by atoms with van der Waals surface area (Å²) in [5, 5.41) is 8.00. The second-order valence-corrected chi connectivity index (χ2v) is 5.86. The molecule has 0 saturated carbocycles. The van der Waals surface area contributed by atoms with E-state index in [1.807, 2.05) is 19.1 Å². The fraction of sp³-hybridized carbons (Fsp3) is 0.273. The number of rotatable bonds is 4. The number of aromatic nitrogens is 3. The van der Waals surface area contributed by atoms with Crippen LogP contribution in [0.3, 0.4) is 0 Å². The highest BCUT2D eigenvalue weighted by atomic mass is 79.9. The van der Waals surface area contributed by atoms with E-state index in [2.05, 4.69) is 31.1 Å². The van der Waals surface area contributed by atoms with Crippen molar-refractivity contribution in [3.63, 3.8) is 0 Å². The number of carbonyl (C=O) groups is 1. The van der Waals surface area contributed by atoms with Gasteiger partial charge in [-0.25, -0.2) is 0 Å². The molecule has 4 nitrogen and oxygen atoms in total. The molecule has 17 heavy (non-hydrogen) atoms. The normalized spacial score (nSPS) is 10.5. The second kappa shape index (κ2) is 5.46. The van der Waals surface area contributed by atoms with E-state index in [1.165, 1.54) is 11.3 Å². The summed E-state index contributed by atoms with van der Waals surface area (Å²) in [6.07, 6.45) is 2.81. The zero-order valence-electron chi connectivity index (χ0n) is 9.18. The van der Waals surface area contributed by atoms with E-state index in [0.29, 0.717) is 21.8 Å². The Morgan fingerprint density at radius 1 is 1.47 bits per heavy atom. The molecule has 0 aliphatic heterocycles. The van der Waals surface area contributed by atoms with Crippen molar-refractivity contribution in [2.75, 3.05) is 0 Å². The maximum absolute atomic E-state index is 11.8. The summed E-state index contributed by atoms with van der Waals surface area (Å²) < 4.78 is 0.634. The number of carbonyl (C=O) groups excluding carboxylic acids is 1. The summed E-state index contributed by atoms with van der Waals surface area (Å²) >= 11 is 4.44. The van der Waals surface area contributed by atoms with Crippen LogP contribution in [0, 0.1) is 6.92 Å². The molecule has 0 N–H and O–H groups in total. The highest BCUT2D eigenvalue weighted by Crippen LogP contribution is 2.17. The fourth-order valence-electron chi connectivity index (χ4n) is 1.40. The van der Waals surface area contributed by atoms with Gasteiger partial charge in [0, 0.05) is 18.3 Å². The van der Waals surface area contributed by atoms with Gasteiger partial charge in [0.2, 0.25) is 0 Å². The zero-order valence-corrected chi connectivity index (χ0v) is 11.6. The minimum atomic E-state index is 0.0107. The van der Waals surface area contributed by atoms with Crippen molar-refractivity contribution in [3.8, 4) is 0 Å². The molecule has 2 rings (SSSR count). The third-order valence-corrected chi connectivity index (χ3v) is 3.62. The predicted molar refractivity (Wildman–Crippen MR) is 69.2 cm³/mol. The maximum Gasteiger partial charge on any atom is 0.193 e. The second-order valence-electron chi connectivity index (χ2n) is 3.61. The minimum absolute atomic E-state index is 0.0107. The van der Waals surface area contributed by atoms with Crippen molar-refractivity contribution in [2.45, 2.75) is 19.8 Å².